The Labute approximate surface area is 134 Å². The van der Waals surface area contributed by atoms with Gasteiger partial charge in [0.15, 0.2) is 6.61 Å². The topological polar surface area (TPSA) is 96.9 Å². The first kappa shape index (κ1) is 15.4. The number of ether oxygens (including phenoxy) is 1. The van der Waals surface area contributed by atoms with Crippen molar-refractivity contribution in [2.45, 2.75) is 12.8 Å². The van der Waals surface area contributed by atoms with E-state index in [-0.39, 0.29) is 24.5 Å². The van der Waals surface area contributed by atoms with Crippen molar-refractivity contribution in [2.75, 3.05) is 11.9 Å². The van der Waals surface area contributed by atoms with Crippen molar-refractivity contribution in [2.24, 2.45) is 5.10 Å². The number of halogens is 1. The molecule has 1 heterocycles. The highest BCUT2D eigenvalue weighted by molar-refractivity contribution is 14.1. The molecule has 0 saturated carbocycles. The van der Waals surface area contributed by atoms with E-state index in [0.29, 0.717) is 5.69 Å². The first-order valence-electron chi connectivity index (χ1n) is 6.12. The summed E-state index contributed by atoms with van der Waals surface area (Å²) in [5, 5.41) is 6.21. The summed E-state index contributed by atoms with van der Waals surface area (Å²) in [5.41, 5.74) is 2.93. The molecular formula is C13H12IN3O4. The van der Waals surface area contributed by atoms with Crippen molar-refractivity contribution >= 4 is 51.8 Å². The number of hydrogen-bond donors (Lipinski definition) is 2. The molecule has 1 aliphatic heterocycles. The predicted molar refractivity (Wildman–Crippen MR) is 83.6 cm³/mol. The van der Waals surface area contributed by atoms with Crippen LogP contribution in [0.1, 0.15) is 12.8 Å². The molecule has 2 amide bonds. The summed E-state index contributed by atoms with van der Waals surface area (Å²) >= 11 is 2.13. The lowest BCUT2D eigenvalue weighted by atomic mass is 10.2. The van der Waals surface area contributed by atoms with E-state index in [1.165, 1.54) is 0 Å². The van der Waals surface area contributed by atoms with Gasteiger partial charge in [-0.25, -0.2) is 10.2 Å². The number of amides is 2. The number of anilines is 1. The monoisotopic (exact) mass is 401 g/mol. The Balaban J connectivity index is 1.81. The van der Waals surface area contributed by atoms with Crippen LogP contribution in [0.4, 0.5) is 5.69 Å². The molecule has 2 rings (SSSR count). The number of hydrogen-bond acceptors (Lipinski definition) is 5. The maximum atomic E-state index is 11.7. The van der Waals surface area contributed by atoms with E-state index < -0.39 is 18.5 Å². The van der Waals surface area contributed by atoms with Crippen molar-refractivity contribution < 1.29 is 19.1 Å². The highest BCUT2D eigenvalue weighted by Crippen LogP contribution is 2.12. The number of carbonyl (C=O) groups is 3. The van der Waals surface area contributed by atoms with Gasteiger partial charge in [0.05, 0.1) is 0 Å². The van der Waals surface area contributed by atoms with E-state index in [2.05, 4.69) is 38.4 Å². The number of nitrogens with zero attached hydrogens (tertiary/aromatic N) is 1. The number of nitrogens with one attached hydrogen (secondary N) is 2. The van der Waals surface area contributed by atoms with E-state index >= 15 is 0 Å². The van der Waals surface area contributed by atoms with Crippen LogP contribution in [0.3, 0.4) is 0 Å². The number of esters is 1. The van der Waals surface area contributed by atoms with E-state index in [4.69, 9.17) is 4.74 Å². The van der Waals surface area contributed by atoms with Crippen molar-refractivity contribution in [1.29, 1.82) is 0 Å². The Morgan fingerprint density at radius 1 is 1.38 bits per heavy atom. The zero-order chi connectivity index (χ0) is 15.2. The average Bonchev–Trinajstić information content (AvgIpc) is 2.45. The SMILES string of the molecule is O=C1CCC(C(=O)OCC(=O)Nc2cccc(I)c2)=NN1. The molecule has 110 valence electrons. The van der Waals surface area contributed by atoms with Gasteiger partial charge in [0, 0.05) is 22.1 Å². The summed E-state index contributed by atoms with van der Waals surface area (Å²) in [6.07, 6.45) is 0.395. The number of hydrazone groups is 1. The van der Waals surface area contributed by atoms with Gasteiger partial charge in [-0.1, -0.05) is 6.07 Å². The second kappa shape index (κ2) is 7.16. The molecule has 0 saturated heterocycles. The van der Waals surface area contributed by atoms with Crippen LogP contribution in [0.5, 0.6) is 0 Å². The van der Waals surface area contributed by atoms with Crippen LogP contribution in [0, 0.1) is 3.57 Å². The smallest absolute Gasteiger partial charge is 0.355 e. The summed E-state index contributed by atoms with van der Waals surface area (Å²) in [5.74, 6) is -1.39. The van der Waals surface area contributed by atoms with Crippen LogP contribution in [0.25, 0.3) is 0 Å². The third-order valence-corrected chi connectivity index (χ3v) is 3.25. The molecule has 21 heavy (non-hydrogen) atoms. The normalized spacial score (nSPS) is 14.0. The minimum absolute atomic E-state index is 0.108. The largest absolute Gasteiger partial charge is 0.451 e. The molecule has 1 aliphatic rings. The molecule has 7 nitrogen and oxygen atoms in total. The van der Waals surface area contributed by atoms with Gasteiger partial charge in [-0.15, -0.1) is 0 Å². The van der Waals surface area contributed by atoms with Crippen LogP contribution in [-0.2, 0) is 19.1 Å². The van der Waals surface area contributed by atoms with Gasteiger partial charge in [-0.3, -0.25) is 9.59 Å². The molecule has 8 heteroatoms. The zero-order valence-corrected chi connectivity index (χ0v) is 13.0. The second-order valence-corrected chi connectivity index (χ2v) is 5.47. The van der Waals surface area contributed by atoms with Crippen LogP contribution in [0.2, 0.25) is 0 Å². The fourth-order valence-electron chi connectivity index (χ4n) is 1.60. The summed E-state index contributed by atoms with van der Waals surface area (Å²) in [7, 11) is 0. The molecule has 0 unspecified atom stereocenters. The Morgan fingerprint density at radius 3 is 2.86 bits per heavy atom. The second-order valence-electron chi connectivity index (χ2n) is 4.23. The highest BCUT2D eigenvalue weighted by atomic mass is 127. The van der Waals surface area contributed by atoms with Crippen molar-refractivity contribution in [3.63, 3.8) is 0 Å². The van der Waals surface area contributed by atoms with Crippen molar-refractivity contribution in [3.05, 3.63) is 27.8 Å². The molecule has 1 aromatic carbocycles. The standard InChI is InChI=1S/C13H12IN3O4/c14-8-2-1-3-9(6-8)15-12(19)7-21-13(20)10-4-5-11(18)17-16-10/h1-3,6H,4-5,7H2,(H,15,19)(H,17,18). The summed E-state index contributed by atoms with van der Waals surface area (Å²) in [6, 6.07) is 7.23. The van der Waals surface area contributed by atoms with E-state index in [1.54, 1.807) is 12.1 Å². The Bertz CT molecular complexity index is 615. The minimum Gasteiger partial charge on any atom is -0.451 e. The van der Waals surface area contributed by atoms with E-state index in [9.17, 15) is 14.4 Å². The lowest BCUT2D eigenvalue weighted by Gasteiger charge is -2.11. The summed E-state index contributed by atoms with van der Waals surface area (Å²) in [4.78, 5) is 34.2. The molecule has 0 spiro atoms. The Hall–Kier alpha value is -1.97. The fourth-order valence-corrected chi connectivity index (χ4v) is 2.14. The first-order chi connectivity index (χ1) is 10.0. The zero-order valence-electron chi connectivity index (χ0n) is 10.9. The molecule has 0 aromatic heterocycles. The average molecular weight is 401 g/mol. The van der Waals surface area contributed by atoms with Crippen LogP contribution in [0.15, 0.2) is 29.4 Å². The maximum absolute atomic E-state index is 11.7. The molecule has 1 aromatic rings. The van der Waals surface area contributed by atoms with Gasteiger partial charge in [0.25, 0.3) is 5.91 Å². The lowest BCUT2D eigenvalue weighted by molar-refractivity contribution is -0.140. The molecular weight excluding hydrogens is 389 g/mol. The molecule has 0 aliphatic carbocycles. The van der Waals surface area contributed by atoms with Gasteiger partial charge >= 0.3 is 5.97 Å². The molecule has 0 radical (unpaired) electrons. The number of carbonyl (C=O) groups excluding carboxylic acids is 3. The summed E-state index contributed by atoms with van der Waals surface area (Å²) < 4.78 is 5.83. The third-order valence-electron chi connectivity index (χ3n) is 2.58. The van der Waals surface area contributed by atoms with Gasteiger partial charge < -0.3 is 10.1 Å². The molecule has 0 bridgehead atoms. The third kappa shape index (κ3) is 4.81. The van der Waals surface area contributed by atoms with Crippen molar-refractivity contribution in [3.8, 4) is 0 Å². The van der Waals surface area contributed by atoms with Crippen molar-refractivity contribution in [1.82, 2.24) is 5.43 Å². The predicted octanol–water partition coefficient (Wildman–Crippen LogP) is 1.04. The van der Waals surface area contributed by atoms with Gasteiger partial charge in [0.2, 0.25) is 5.91 Å². The molecule has 0 atom stereocenters. The molecule has 2 N–H and O–H groups in total. The Morgan fingerprint density at radius 2 is 2.19 bits per heavy atom. The number of rotatable bonds is 4. The van der Waals surface area contributed by atoms with Crippen LogP contribution in [-0.4, -0.2) is 30.1 Å². The quantitative estimate of drug-likeness (QED) is 0.582. The van der Waals surface area contributed by atoms with Crippen LogP contribution >= 0.6 is 22.6 Å². The lowest BCUT2D eigenvalue weighted by Crippen LogP contribution is -2.32. The van der Waals surface area contributed by atoms with Gasteiger partial charge in [-0.05, 0) is 40.8 Å². The van der Waals surface area contributed by atoms with Gasteiger partial charge in [0.1, 0.15) is 5.71 Å². The Kier molecular flexibility index (Phi) is 5.26. The maximum Gasteiger partial charge on any atom is 0.355 e. The van der Waals surface area contributed by atoms with E-state index in [1.807, 2.05) is 12.1 Å². The minimum atomic E-state index is -0.701. The first-order valence-corrected chi connectivity index (χ1v) is 7.20. The van der Waals surface area contributed by atoms with Gasteiger partial charge in [-0.2, -0.15) is 5.10 Å². The van der Waals surface area contributed by atoms with E-state index in [0.717, 1.165) is 3.57 Å². The van der Waals surface area contributed by atoms with Crippen LogP contribution < -0.4 is 10.7 Å². The summed E-state index contributed by atoms with van der Waals surface area (Å²) in [6.45, 7) is -0.405. The number of benzene rings is 1. The highest BCUT2D eigenvalue weighted by Gasteiger charge is 2.20. The fraction of sp³-hybridized carbons (Fsp3) is 0.231. The molecule has 0 fully saturated rings.